The molecule has 0 saturated heterocycles. The van der Waals surface area contributed by atoms with Crippen molar-refractivity contribution < 1.29 is 0 Å². The molecule has 0 atom stereocenters. The van der Waals surface area contributed by atoms with E-state index in [0.717, 1.165) is 32.2 Å². The molecule has 2 nitrogen and oxygen atoms in total. The third-order valence-electron chi connectivity index (χ3n) is 17.3. The van der Waals surface area contributed by atoms with Crippen LogP contribution in [-0.2, 0) is 0 Å². The standard InChI is InChI=1S/2C41H25NS/c1-3-11-27(12-4-1)37-31-15-7-9-17-33(31)38(34-18-10-8-16-32(34)37)30-22-20-26-19-21-28-23-24-36-40(39(28)35(26)25-30)43-41(42-36)29-13-5-2-6-14-29;1-3-11-26(12-4-1)37-32-15-7-9-17-34(32)38(35-18-10-8-16-33(35)37)30-21-23-31-29(25-30)20-19-27-22-24-36-40(39(27)31)42-41(43-36)28-13-5-2-6-14-28/h2*1-25H. The predicted molar refractivity (Wildman–Crippen MR) is 372 cm³/mol. The molecule has 4 heteroatoms. The van der Waals surface area contributed by atoms with Crippen molar-refractivity contribution in [3.8, 4) is 65.6 Å². The van der Waals surface area contributed by atoms with E-state index in [1.54, 1.807) is 22.7 Å². The average molecular weight is 1130 g/mol. The second-order valence-corrected chi connectivity index (χ2v) is 24.2. The van der Waals surface area contributed by atoms with Gasteiger partial charge in [0.05, 0.1) is 20.4 Å². The highest BCUT2D eigenvalue weighted by molar-refractivity contribution is 7.22. The van der Waals surface area contributed by atoms with Crippen molar-refractivity contribution in [3.05, 3.63) is 303 Å². The zero-order chi connectivity index (χ0) is 56.7. The van der Waals surface area contributed by atoms with Gasteiger partial charge in [-0.25, -0.2) is 9.97 Å². The van der Waals surface area contributed by atoms with E-state index >= 15 is 0 Å². The number of rotatable bonds is 6. The Labute approximate surface area is 504 Å². The van der Waals surface area contributed by atoms with Crippen LogP contribution in [0.1, 0.15) is 0 Å². The van der Waals surface area contributed by atoms with Crippen LogP contribution in [0.2, 0.25) is 0 Å². The van der Waals surface area contributed by atoms with E-state index in [2.05, 4.69) is 303 Å². The van der Waals surface area contributed by atoms with Crippen LogP contribution in [0.3, 0.4) is 0 Å². The molecule has 2 heterocycles. The van der Waals surface area contributed by atoms with Crippen LogP contribution in [0.4, 0.5) is 0 Å². The molecule has 0 fully saturated rings. The first-order valence-electron chi connectivity index (χ1n) is 29.3. The molecule has 0 unspecified atom stereocenters. The Morgan fingerprint density at radius 2 is 0.593 bits per heavy atom. The first kappa shape index (κ1) is 49.9. The Kier molecular flexibility index (Phi) is 12.0. The molecule has 2 aromatic heterocycles. The SMILES string of the molecule is c1ccc(-c2nc3c(ccc4ccc5cc(-c6c7ccccc7c(-c7ccccc7)c7ccccc67)ccc5c43)s2)cc1.c1ccc(-c2nc3ccc4ccc5ccc(-c6c7ccccc7c(-c7ccccc7)c7ccccc67)cc5c4c3s2)cc1. The molecule has 0 radical (unpaired) electrons. The summed E-state index contributed by atoms with van der Waals surface area (Å²) in [6, 6.07) is 110. The van der Waals surface area contributed by atoms with E-state index in [0.29, 0.717) is 0 Å². The highest BCUT2D eigenvalue weighted by Crippen LogP contribution is 2.48. The minimum absolute atomic E-state index is 1.05. The molecule has 18 rings (SSSR count). The maximum Gasteiger partial charge on any atom is 0.124 e. The average Bonchev–Trinajstić information content (AvgIpc) is 1.12. The van der Waals surface area contributed by atoms with Gasteiger partial charge in [0.15, 0.2) is 0 Å². The summed E-state index contributed by atoms with van der Waals surface area (Å²) in [5.41, 5.74) is 14.6. The van der Waals surface area contributed by atoms with Crippen molar-refractivity contribution in [1.82, 2.24) is 9.97 Å². The van der Waals surface area contributed by atoms with E-state index in [4.69, 9.17) is 9.97 Å². The summed E-state index contributed by atoms with van der Waals surface area (Å²) >= 11 is 3.55. The van der Waals surface area contributed by atoms with Gasteiger partial charge in [-0.05, 0) is 144 Å². The van der Waals surface area contributed by atoms with E-state index < -0.39 is 0 Å². The number of hydrogen-bond acceptors (Lipinski definition) is 4. The van der Waals surface area contributed by atoms with Crippen molar-refractivity contribution in [1.29, 1.82) is 0 Å². The van der Waals surface area contributed by atoms with Gasteiger partial charge in [0.2, 0.25) is 0 Å². The number of thiazole rings is 2. The zero-order valence-corrected chi connectivity index (χ0v) is 48.2. The Morgan fingerprint density at radius 1 is 0.221 bits per heavy atom. The lowest BCUT2D eigenvalue weighted by atomic mass is 9.85. The number of nitrogens with zero attached hydrogens (tertiary/aromatic N) is 2. The van der Waals surface area contributed by atoms with Crippen LogP contribution in [0.5, 0.6) is 0 Å². The number of benzene rings is 16. The summed E-state index contributed by atoms with van der Waals surface area (Å²) in [5, 5.41) is 22.3. The highest BCUT2D eigenvalue weighted by Gasteiger charge is 2.21. The fourth-order valence-electron chi connectivity index (χ4n) is 13.5. The summed E-state index contributed by atoms with van der Waals surface area (Å²) in [4.78, 5) is 10.2. The van der Waals surface area contributed by atoms with Crippen molar-refractivity contribution in [3.63, 3.8) is 0 Å². The molecule has 0 aliphatic rings. The number of fused-ring (bicyclic) bond motifs is 14. The van der Waals surface area contributed by atoms with Crippen molar-refractivity contribution in [2.75, 3.05) is 0 Å². The maximum absolute atomic E-state index is 5.18. The van der Waals surface area contributed by atoms with E-state index in [9.17, 15) is 0 Å². The van der Waals surface area contributed by atoms with Gasteiger partial charge in [0.1, 0.15) is 10.0 Å². The van der Waals surface area contributed by atoms with Gasteiger partial charge < -0.3 is 0 Å². The highest BCUT2D eigenvalue weighted by atomic mass is 32.1. The normalized spacial score (nSPS) is 11.7. The smallest absolute Gasteiger partial charge is 0.124 e. The second-order valence-electron chi connectivity index (χ2n) is 22.2. The van der Waals surface area contributed by atoms with Gasteiger partial charge in [-0.1, -0.05) is 279 Å². The van der Waals surface area contributed by atoms with Gasteiger partial charge >= 0.3 is 0 Å². The van der Waals surface area contributed by atoms with Crippen molar-refractivity contribution in [2.24, 2.45) is 0 Å². The topological polar surface area (TPSA) is 25.8 Å². The van der Waals surface area contributed by atoms with E-state index in [-0.39, 0.29) is 0 Å². The first-order valence-corrected chi connectivity index (χ1v) is 30.9. The van der Waals surface area contributed by atoms with Crippen LogP contribution >= 0.6 is 22.7 Å². The summed E-state index contributed by atoms with van der Waals surface area (Å²) in [5.74, 6) is 0. The summed E-state index contributed by atoms with van der Waals surface area (Å²) in [7, 11) is 0. The lowest BCUT2D eigenvalue weighted by Gasteiger charge is -2.18. The molecule has 0 amide bonds. The molecule has 86 heavy (non-hydrogen) atoms. The van der Waals surface area contributed by atoms with E-state index in [1.165, 1.54) is 140 Å². The summed E-state index contributed by atoms with van der Waals surface area (Å²) < 4.78 is 2.46. The molecule has 18 aromatic rings. The molecule has 400 valence electrons. The second kappa shape index (κ2) is 20.6. The van der Waals surface area contributed by atoms with Crippen molar-refractivity contribution >= 4 is 129 Å². The Morgan fingerprint density at radius 3 is 1.10 bits per heavy atom. The quantitative estimate of drug-likeness (QED) is 0.122. The molecule has 0 bridgehead atoms. The number of hydrogen-bond donors (Lipinski definition) is 0. The third kappa shape index (κ3) is 8.29. The Hall–Kier alpha value is -10.6. The van der Waals surface area contributed by atoms with E-state index in [1.807, 2.05) is 0 Å². The lowest BCUT2D eigenvalue weighted by molar-refractivity contribution is 1.48. The van der Waals surface area contributed by atoms with Crippen LogP contribution in [0.25, 0.3) is 172 Å². The minimum atomic E-state index is 1.05. The van der Waals surface area contributed by atoms with Crippen molar-refractivity contribution in [2.45, 2.75) is 0 Å². The fourth-order valence-corrected chi connectivity index (χ4v) is 15.6. The molecule has 0 aliphatic carbocycles. The van der Waals surface area contributed by atoms with Crippen LogP contribution in [0.15, 0.2) is 303 Å². The monoisotopic (exact) mass is 1130 g/mol. The van der Waals surface area contributed by atoms with Gasteiger partial charge in [0.25, 0.3) is 0 Å². The van der Waals surface area contributed by atoms with Gasteiger partial charge in [-0.15, -0.1) is 22.7 Å². The Bertz CT molecular complexity index is 5580. The minimum Gasteiger partial charge on any atom is -0.236 e. The molecule has 0 spiro atoms. The predicted octanol–water partition coefficient (Wildman–Crippen LogP) is 23.8. The van der Waals surface area contributed by atoms with Gasteiger partial charge in [-0.3, -0.25) is 0 Å². The summed E-state index contributed by atoms with van der Waals surface area (Å²) in [6.45, 7) is 0. The van der Waals surface area contributed by atoms with Crippen LogP contribution < -0.4 is 0 Å². The first-order chi connectivity index (χ1) is 42.7. The van der Waals surface area contributed by atoms with Gasteiger partial charge in [-0.2, -0.15) is 0 Å². The molecule has 0 N–H and O–H groups in total. The lowest BCUT2D eigenvalue weighted by Crippen LogP contribution is -1.91. The molecule has 0 aliphatic heterocycles. The molecule has 0 saturated carbocycles. The molecule has 16 aromatic carbocycles. The fraction of sp³-hybridized carbons (Fsp3) is 0. The third-order valence-corrected chi connectivity index (χ3v) is 19.5. The van der Waals surface area contributed by atoms with Gasteiger partial charge in [0, 0.05) is 21.9 Å². The summed E-state index contributed by atoms with van der Waals surface area (Å²) in [6.07, 6.45) is 0. The zero-order valence-electron chi connectivity index (χ0n) is 46.6. The maximum atomic E-state index is 5.18. The molecular formula is C82H50N2S2. The largest absolute Gasteiger partial charge is 0.236 e. The van der Waals surface area contributed by atoms with Crippen LogP contribution in [0, 0.1) is 0 Å². The molecular weight excluding hydrogens is 1080 g/mol. The number of aromatic nitrogens is 2. The van der Waals surface area contributed by atoms with Crippen LogP contribution in [-0.4, -0.2) is 9.97 Å². The Balaban J connectivity index is 0.000000134.